The van der Waals surface area contributed by atoms with E-state index < -0.39 is 0 Å². The van der Waals surface area contributed by atoms with Gasteiger partial charge < -0.3 is 15.0 Å². The quantitative estimate of drug-likeness (QED) is 0.903. The van der Waals surface area contributed by atoms with Crippen molar-refractivity contribution in [2.24, 2.45) is 0 Å². The van der Waals surface area contributed by atoms with Crippen LogP contribution in [0.5, 0.6) is 0 Å². The van der Waals surface area contributed by atoms with Crippen molar-refractivity contribution in [2.75, 3.05) is 26.7 Å². The van der Waals surface area contributed by atoms with Crippen LogP contribution in [0, 0.1) is 6.92 Å². The second-order valence-electron chi connectivity index (χ2n) is 5.13. The van der Waals surface area contributed by atoms with Crippen LogP contribution in [-0.4, -0.2) is 48.6 Å². The zero-order chi connectivity index (χ0) is 14.7. The van der Waals surface area contributed by atoms with Crippen molar-refractivity contribution in [3.63, 3.8) is 0 Å². The lowest BCUT2D eigenvalue weighted by molar-refractivity contribution is 0.0747. The van der Waals surface area contributed by atoms with E-state index in [1.165, 1.54) is 11.3 Å². The first-order valence-electron chi connectivity index (χ1n) is 7.11. The number of thiazole rings is 1. The number of hydrogen-bond acceptors (Lipinski definition) is 5. The van der Waals surface area contributed by atoms with Crippen molar-refractivity contribution < 1.29 is 9.53 Å². The number of hydrogen-bond donors (Lipinski definition) is 1. The molecular formula is C14H23N3O2S. The molecule has 1 saturated heterocycles. The molecule has 1 N–H and O–H groups in total. The maximum absolute atomic E-state index is 12.6. The predicted molar refractivity (Wildman–Crippen MR) is 80.3 cm³/mol. The van der Waals surface area contributed by atoms with Crippen LogP contribution in [-0.2, 0) is 4.74 Å². The number of carbonyl (C=O) groups is 1. The molecule has 1 aromatic rings. The Morgan fingerprint density at radius 3 is 3.00 bits per heavy atom. The van der Waals surface area contributed by atoms with E-state index in [1.807, 2.05) is 32.7 Å². The molecule has 2 rings (SSSR count). The van der Waals surface area contributed by atoms with Gasteiger partial charge in [0.1, 0.15) is 16.0 Å². The molecule has 0 radical (unpaired) electrons. The Hall–Kier alpha value is -0.980. The number of carbonyl (C=O) groups excluding carboxylic acids is 1. The number of nitrogens with zero attached hydrogens (tertiary/aromatic N) is 2. The molecule has 0 spiro atoms. The third-order valence-electron chi connectivity index (χ3n) is 3.67. The molecule has 2 atom stereocenters. The Labute approximate surface area is 124 Å². The summed E-state index contributed by atoms with van der Waals surface area (Å²) in [6, 6.07) is 0.289. The van der Waals surface area contributed by atoms with Gasteiger partial charge in [-0.25, -0.2) is 4.98 Å². The third-order valence-corrected chi connectivity index (χ3v) is 4.98. The largest absolute Gasteiger partial charge is 0.372 e. The lowest BCUT2D eigenvalue weighted by atomic mass is 10.2. The number of aromatic nitrogens is 1. The summed E-state index contributed by atoms with van der Waals surface area (Å²) in [5.74, 6) is 0.0728. The lowest BCUT2D eigenvalue weighted by Gasteiger charge is -2.23. The molecule has 0 unspecified atom stereocenters. The molecule has 5 nitrogen and oxygen atoms in total. The van der Waals surface area contributed by atoms with Crippen LogP contribution >= 0.6 is 11.3 Å². The van der Waals surface area contributed by atoms with Crippen molar-refractivity contribution in [3.05, 3.63) is 15.6 Å². The van der Waals surface area contributed by atoms with Gasteiger partial charge in [-0.1, -0.05) is 0 Å². The van der Waals surface area contributed by atoms with Gasteiger partial charge in [0.05, 0.1) is 5.69 Å². The summed E-state index contributed by atoms with van der Waals surface area (Å²) in [5.41, 5.74) is 0.805. The minimum atomic E-state index is -0.0521. The van der Waals surface area contributed by atoms with E-state index in [1.54, 1.807) is 0 Å². The zero-order valence-corrected chi connectivity index (χ0v) is 13.4. The predicted octanol–water partition coefficient (Wildman–Crippen LogP) is 1.98. The molecule has 1 fully saturated rings. The van der Waals surface area contributed by atoms with Crippen LogP contribution in [0.1, 0.15) is 46.7 Å². The van der Waals surface area contributed by atoms with Crippen molar-refractivity contribution in [1.29, 1.82) is 0 Å². The second-order valence-corrected chi connectivity index (χ2v) is 6.16. The highest BCUT2D eigenvalue weighted by Crippen LogP contribution is 2.27. The highest BCUT2D eigenvalue weighted by atomic mass is 32.1. The number of ether oxygens (including phenoxy) is 1. The Morgan fingerprint density at radius 1 is 1.65 bits per heavy atom. The van der Waals surface area contributed by atoms with E-state index in [9.17, 15) is 4.79 Å². The highest BCUT2D eigenvalue weighted by molar-refractivity contribution is 7.13. The van der Waals surface area contributed by atoms with Gasteiger partial charge in [0.15, 0.2) is 0 Å². The minimum absolute atomic E-state index is 0.0521. The van der Waals surface area contributed by atoms with Gasteiger partial charge in [-0.2, -0.15) is 0 Å². The van der Waals surface area contributed by atoms with Crippen LogP contribution in [0.15, 0.2) is 0 Å². The number of nitrogens with one attached hydrogen (secondary N) is 1. The van der Waals surface area contributed by atoms with Gasteiger partial charge in [-0.05, 0) is 33.7 Å². The van der Waals surface area contributed by atoms with Gasteiger partial charge in [0.2, 0.25) is 0 Å². The van der Waals surface area contributed by atoms with E-state index in [2.05, 4.69) is 10.3 Å². The second kappa shape index (κ2) is 6.65. The van der Waals surface area contributed by atoms with Crippen molar-refractivity contribution in [2.45, 2.75) is 39.3 Å². The molecule has 2 heterocycles. The van der Waals surface area contributed by atoms with Crippen LogP contribution in [0.25, 0.3) is 0 Å². The molecule has 6 heteroatoms. The third kappa shape index (κ3) is 3.19. The molecule has 1 amide bonds. The minimum Gasteiger partial charge on any atom is -0.372 e. The fourth-order valence-electron chi connectivity index (χ4n) is 2.41. The monoisotopic (exact) mass is 297 g/mol. The topological polar surface area (TPSA) is 54.5 Å². The molecule has 0 saturated carbocycles. The van der Waals surface area contributed by atoms with Crippen LogP contribution in [0.3, 0.4) is 0 Å². The molecule has 112 valence electrons. The first-order valence-corrected chi connectivity index (χ1v) is 7.93. The summed E-state index contributed by atoms with van der Waals surface area (Å²) in [6.45, 7) is 8.34. The Morgan fingerprint density at radius 2 is 2.40 bits per heavy atom. The summed E-state index contributed by atoms with van der Waals surface area (Å²) in [4.78, 5) is 19.6. The number of rotatable bonds is 5. The molecule has 0 aromatic carbocycles. The van der Waals surface area contributed by atoms with E-state index >= 15 is 0 Å². The van der Waals surface area contributed by atoms with Crippen molar-refractivity contribution >= 4 is 17.2 Å². The van der Waals surface area contributed by atoms with Gasteiger partial charge in [0.25, 0.3) is 5.91 Å². The highest BCUT2D eigenvalue weighted by Gasteiger charge is 2.27. The summed E-state index contributed by atoms with van der Waals surface area (Å²) in [6.07, 6.45) is 0.964. The van der Waals surface area contributed by atoms with Crippen LogP contribution in [0.4, 0.5) is 0 Å². The summed E-state index contributed by atoms with van der Waals surface area (Å²) in [7, 11) is 1.88. The average molecular weight is 297 g/mol. The van der Waals surface area contributed by atoms with Crippen molar-refractivity contribution in [3.8, 4) is 0 Å². The molecule has 0 aliphatic carbocycles. The Kier molecular flexibility index (Phi) is 5.12. The standard InChI is InChI=1S/C14H23N3O2S/c1-5-19-10(3)13-16-9(2)12(20-13)14(18)17(4)11-6-7-15-8-11/h10-11,15H,5-8H2,1-4H3/t10-,11-/m1/s1. The lowest BCUT2D eigenvalue weighted by Crippen LogP contribution is -2.38. The van der Waals surface area contributed by atoms with Gasteiger partial charge in [-0.15, -0.1) is 11.3 Å². The van der Waals surface area contributed by atoms with E-state index in [0.717, 1.165) is 35.1 Å². The smallest absolute Gasteiger partial charge is 0.265 e. The number of amides is 1. The fraction of sp³-hybridized carbons (Fsp3) is 0.714. The van der Waals surface area contributed by atoms with E-state index in [4.69, 9.17) is 4.74 Å². The molecule has 0 bridgehead atoms. The van der Waals surface area contributed by atoms with Gasteiger partial charge in [0, 0.05) is 26.2 Å². The Balaban J connectivity index is 2.13. The van der Waals surface area contributed by atoms with Crippen molar-refractivity contribution in [1.82, 2.24) is 15.2 Å². The maximum atomic E-state index is 12.6. The SMILES string of the molecule is CCO[C@H](C)c1nc(C)c(C(=O)N(C)[C@@H]2CCNC2)s1. The molecule has 1 aliphatic heterocycles. The van der Waals surface area contributed by atoms with Gasteiger partial charge >= 0.3 is 0 Å². The average Bonchev–Trinajstić information content (AvgIpc) is 3.06. The summed E-state index contributed by atoms with van der Waals surface area (Å²) >= 11 is 1.46. The van der Waals surface area contributed by atoms with Crippen LogP contribution in [0.2, 0.25) is 0 Å². The van der Waals surface area contributed by atoms with E-state index in [-0.39, 0.29) is 18.1 Å². The fourth-order valence-corrected chi connectivity index (χ4v) is 3.46. The van der Waals surface area contributed by atoms with Gasteiger partial charge in [-0.3, -0.25) is 4.79 Å². The molecular weight excluding hydrogens is 274 g/mol. The molecule has 20 heavy (non-hydrogen) atoms. The molecule has 1 aliphatic rings. The normalized spacial score (nSPS) is 20.1. The summed E-state index contributed by atoms with van der Waals surface area (Å²) in [5, 5.41) is 4.17. The number of likely N-dealkylation sites (N-methyl/N-ethyl adjacent to an activating group) is 1. The molecule has 1 aromatic heterocycles. The maximum Gasteiger partial charge on any atom is 0.265 e. The van der Waals surface area contributed by atoms with Crippen LogP contribution < -0.4 is 5.32 Å². The first kappa shape index (κ1) is 15.4. The zero-order valence-electron chi connectivity index (χ0n) is 12.6. The van der Waals surface area contributed by atoms with E-state index in [0.29, 0.717) is 6.61 Å². The summed E-state index contributed by atoms with van der Waals surface area (Å²) < 4.78 is 5.55. The Bertz CT molecular complexity index is 469. The first-order chi connectivity index (χ1) is 9.54. The number of aryl methyl sites for hydroxylation is 1.